The van der Waals surface area contributed by atoms with Crippen LogP contribution in [0.3, 0.4) is 0 Å². The first-order chi connectivity index (χ1) is 9.76. The van der Waals surface area contributed by atoms with Crippen molar-refractivity contribution in [1.29, 1.82) is 0 Å². The van der Waals surface area contributed by atoms with Crippen LogP contribution in [0.15, 0.2) is 36.5 Å². The summed E-state index contributed by atoms with van der Waals surface area (Å²) in [5.74, 6) is 0. The number of H-pyrrole nitrogens is 1. The molecule has 20 heavy (non-hydrogen) atoms. The Labute approximate surface area is 117 Å². The molecule has 0 fully saturated rings. The lowest BCUT2D eigenvalue weighted by molar-refractivity contribution is 1.10. The van der Waals surface area contributed by atoms with Gasteiger partial charge in [-0.25, -0.2) is 0 Å². The zero-order valence-corrected chi connectivity index (χ0v) is 11.3. The second-order valence-corrected chi connectivity index (χ2v) is 4.69. The van der Waals surface area contributed by atoms with Gasteiger partial charge in [-0.2, -0.15) is 5.10 Å². The van der Waals surface area contributed by atoms with E-state index in [1.807, 2.05) is 42.6 Å². The minimum Gasteiger partial charge on any atom is -0.399 e. The molecule has 1 aromatic carbocycles. The van der Waals surface area contributed by atoms with Gasteiger partial charge in [0.05, 0.1) is 16.9 Å². The van der Waals surface area contributed by atoms with Crippen molar-refractivity contribution in [3.63, 3.8) is 0 Å². The second kappa shape index (κ2) is 5.17. The Morgan fingerprint density at radius 2 is 2.10 bits per heavy atom. The van der Waals surface area contributed by atoms with Crippen molar-refractivity contribution in [3.05, 3.63) is 53.5 Å². The highest BCUT2D eigenvalue weighted by Crippen LogP contribution is 2.20. The largest absolute Gasteiger partial charge is 0.399 e. The molecule has 2 aromatic heterocycles. The molecule has 0 atom stereocenters. The molecule has 0 spiro atoms. The third-order valence-corrected chi connectivity index (χ3v) is 3.28. The van der Waals surface area contributed by atoms with E-state index in [0.717, 1.165) is 34.4 Å². The van der Waals surface area contributed by atoms with Gasteiger partial charge < -0.3 is 5.73 Å². The van der Waals surface area contributed by atoms with Gasteiger partial charge in [0.15, 0.2) is 0 Å². The Hall–Kier alpha value is -2.62. The fraction of sp³-hybridized carbons (Fsp3) is 0.125. The molecular weight excluding hydrogens is 248 g/mol. The molecular formula is C16H16N4. The van der Waals surface area contributed by atoms with Crippen LogP contribution in [0.2, 0.25) is 0 Å². The Morgan fingerprint density at radius 1 is 1.20 bits per heavy atom. The molecule has 0 amide bonds. The minimum absolute atomic E-state index is 0.730. The van der Waals surface area contributed by atoms with E-state index in [4.69, 9.17) is 5.73 Å². The maximum atomic E-state index is 5.75. The Bertz CT molecular complexity index is 754. The van der Waals surface area contributed by atoms with E-state index >= 15 is 0 Å². The summed E-state index contributed by atoms with van der Waals surface area (Å²) in [4.78, 5) is 4.40. The van der Waals surface area contributed by atoms with Crippen LogP contribution in [0.1, 0.15) is 23.9 Å². The average molecular weight is 264 g/mol. The zero-order valence-electron chi connectivity index (χ0n) is 11.3. The average Bonchev–Trinajstić information content (AvgIpc) is 2.88. The van der Waals surface area contributed by atoms with Gasteiger partial charge in [0.25, 0.3) is 0 Å². The molecule has 3 N–H and O–H groups in total. The number of nitrogen functional groups attached to an aromatic ring is 1. The standard InChI is InChI=1S/C16H16N4/c1-2-11-3-5-13(18-10-11)6-8-15-14-7-4-12(17)9-16(14)20-19-15/h3-10H,2,17H2,1H3,(H,19,20). The lowest BCUT2D eigenvalue weighted by Gasteiger charge is -1.96. The number of nitrogens with zero attached hydrogens (tertiary/aromatic N) is 2. The van der Waals surface area contributed by atoms with Crippen LogP contribution in [-0.2, 0) is 6.42 Å². The molecule has 0 bridgehead atoms. The number of nitrogens with two attached hydrogens (primary N) is 1. The molecule has 100 valence electrons. The fourth-order valence-electron chi connectivity index (χ4n) is 2.09. The van der Waals surface area contributed by atoms with Crippen LogP contribution < -0.4 is 5.73 Å². The number of hydrogen-bond donors (Lipinski definition) is 2. The summed E-state index contributed by atoms with van der Waals surface area (Å²) in [7, 11) is 0. The van der Waals surface area contributed by atoms with Crippen LogP contribution in [0, 0.1) is 0 Å². The molecule has 0 saturated heterocycles. The smallest absolute Gasteiger partial charge is 0.0928 e. The molecule has 0 saturated carbocycles. The van der Waals surface area contributed by atoms with Gasteiger partial charge in [-0.15, -0.1) is 0 Å². The van der Waals surface area contributed by atoms with Gasteiger partial charge in [0.1, 0.15) is 0 Å². The van der Waals surface area contributed by atoms with Crippen LogP contribution in [-0.4, -0.2) is 15.2 Å². The summed E-state index contributed by atoms with van der Waals surface area (Å²) in [6.45, 7) is 2.12. The number of aryl methyl sites for hydroxylation is 1. The van der Waals surface area contributed by atoms with Crippen LogP contribution in [0.25, 0.3) is 23.1 Å². The lowest BCUT2D eigenvalue weighted by atomic mass is 10.1. The van der Waals surface area contributed by atoms with Crippen LogP contribution in [0.5, 0.6) is 0 Å². The second-order valence-electron chi connectivity index (χ2n) is 4.69. The highest BCUT2D eigenvalue weighted by atomic mass is 15.1. The van der Waals surface area contributed by atoms with Gasteiger partial charge >= 0.3 is 0 Å². The van der Waals surface area contributed by atoms with Gasteiger partial charge in [0.2, 0.25) is 0 Å². The topological polar surface area (TPSA) is 67.6 Å². The highest BCUT2D eigenvalue weighted by molar-refractivity contribution is 5.90. The number of hydrogen-bond acceptors (Lipinski definition) is 3. The SMILES string of the molecule is CCc1ccc(C=Cc2n[nH]c3cc(N)ccc23)nc1. The highest BCUT2D eigenvalue weighted by Gasteiger charge is 2.02. The quantitative estimate of drug-likeness (QED) is 0.713. The van der Waals surface area contributed by atoms with Crippen LogP contribution in [0.4, 0.5) is 5.69 Å². The number of rotatable bonds is 3. The summed E-state index contributed by atoms with van der Waals surface area (Å²) in [6.07, 6.45) is 6.83. The molecule has 0 aliphatic rings. The summed E-state index contributed by atoms with van der Waals surface area (Å²) in [5, 5.41) is 8.33. The van der Waals surface area contributed by atoms with Crippen molar-refractivity contribution < 1.29 is 0 Å². The number of anilines is 1. The first-order valence-electron chi connectivity index (χ1n) is 6.63. The van der Waals surface area contributed by atoms with Gasteiger partial charge in [-0.3, -0.25) is 10.1 Å². The normalized spacial score (nSPS) is 11.4. The third kappa shape index (κ3) is 2.40. The van der Waals surface area contributed by atoms with Gasteiger partial charge in [0, 0.05) is 17.3 Å². The molecule has 4 heteroatoms. The molecule has 4 nitrogen and oxygen atoms in total. The van der Waals surface area contributed by atoms with Crippen LogP contribution >= 0.6 is 0 Å². The Balaban J connectivity index is 1.89. The van der Waals surface area contributed by atoms with E-state index in [-0.39, 0.29) is 0 Å². The molecule has 3 aromatic rings. The summed E-state index contributed by atoms with van der Waals surface area (Å²) in [5.41, 5.74) is 10.5. The van der Waals surface area contributed by atoms with Crippen molar-refractivity contribution in [2.75, 3.05) is 5.73 Å². The molecule has 0 radical (unpaired) electrons. The molecule has 2 heterocycles. The van der Waals surface area contributed by atoms with Gasteiger partial charge in [-0.1, -0.05) is 13.0 Å². The number of benzene rings is 1. The monoisotopic (exact) mass is 264 g/mol. The summed E-state index contributed by atoms with van der Waals surface area (Å²) >= 11 is 0. The zero-order chi connectivity index (χ0) is 13.9. The minimum atomic E-state index is 0.730. The first kappa shape index (κ1) is 12.4. The molecule has 0 unspecified atom stereocenters. The predicted molar refractivity (Wildman–Crippen MR) is 83.0 cm³/mol. The maximum Gasteiger partial charge on any atom is 0.0928 e. The number of aromatic amines is 1. The lowest BCUT2D eigenvalue weighted by Crippen LogP contribution is -1.84. The fourth-order valence-corrected chi connectivity index (χ4v) is 2.09. The third-order valence-electron chi connectivity index (χ3n) is 3.28. The van der Waals surface area contributed by atoms with E-state index in [9.17, 15) is 0 Å². The van der Waals surface area contributed by atoms with E-state index in [1.54, 1.807) is 0 Å². The van der Waals surface area contributed by atoms with E-state index in [2.05, 4.69) is 28.2 Å². The van der Waals surface area contributed by atoms with Crippen molar-refractivity contribution in [3.8, 4) is 0 Å². The molecule has 0 aliphatic carbocycles. The first-order valence-corrected chi connectivity index (χ1v) is 6.63. The van der Waals surface area contributed by atoms with Crippen molar-refractivity contribution in [1.82, 2.24) is 15.2 Å². The number of pyridine rings is 1. The number of aromatic nitrogens is 3. The van der Waals surface area contributed by atoms with Gasteiger partial charge in [-0.05, 0) is 48.4 Å². The molecule has 3 rings (SSSR count). The van der Waals surface area contributed by atoms with E-state index in [1.165, 1.54) is 5.56 Å². The van der Waals surface area contributed by atoms with E-state index in [0.29, 0.717) is 0 Å². The van der Waals surface area contributed by atoms with Crippen molar-refractivity contribution >= 4 is 28.7 Å². The van der Waals surface area contributed by atoms with Crippen molar-refractivity contribution in [2.24, 2.45) is 0 Å². The summed E-state index contributed by atoms with van der Waals surface area (Å²) < 4.78 is 0. The number of fused-ring (bicyclic) bond motifs is 1. The number of nitrogens with one attached hydrogen (secondary N) is 1. The van der Waals surface area contributed by atoms with E-state index < -0.39 is 0 Å². The Kier molecular flexibility index (Phi) is 3.21. The molecule has 0 aliphatic heterocycles. The van der Waals surface area contributed by atoms with Crippen molar-refractivity contribution in [2.45, 2.75) is 13.3 Å². The summed E-state index contributed by atoms with van der Waals surface area (Å²) in [6, 6.07) is 9.84. The Morgan fingerprint density at radius 3 is 2.85 bits per heavy atom. The predicted octanol–water partition coefficient (Wildman–Crippen LogP) is 3.27. The maximum absolute atomic E-state index is 5.75.